The predicted molar refractivity (Wildman–Crippen MR) is 80.3 cm³/mol. The number of rotatable bonds is 3. The SMILES string of the molecule is O=C(Nc1ccc(Cl)c(Cl)c1)Nc1ncccc1C(=O)O. The van der Waals surface area contributed by atoms with E-state index in [0.29, 0.717) is 15.7 Å². The number of benzene rings is 1. The maximum Gasteiger partial charge on any atom is 0.339 e. The van der Waals surface area contributed by atoms with Crippen LogP contribution in [0.2, 0.25) is 10.0 Å². The molecule has 0 radical (unpaired) electrons. The first kappa shape index (κ1) is 15.1. The molecule has 0 atom stereocenters. The van der Waals surface area contributed by atoms with E-state index in [1.807, 2.05) is 0 Å². The molecule has 1 aromatic carbocycles. The molecule has 21 heavy (non-hydrogen) atoms. The summed E-state index contributed by atoms with van der Waals surface area (Å²) in [6.07, 6.45) is 1.38. The molecule has 0 saturated carbocycles. The van der Waals surface area contributed by atoms with Crippen molar-refractivity contribution in [2.75, 3.05) is 10.6 Å². The van der Waals surface area contributed by atoms with Gasteiger partial charge in [0, 0.05) is 11.9 Å². The molecule has 1 heterocycles. The van der Waals surface area contributed by atoms with Gasteiger partial charge in [0.1, 0.15) is 11.4 Å². The van der Waals surface area contributed by atoms with Crippen molar-refractivity contribution < 1.29 is 14.7 Å². The Morgan fingerprint density at radius 2 is 1.86 bits per heavy atom. The summed E-state index contributed by atoms with van der Waals surface area (Å²) in [6.45, 7) is 0. The summed E-state index contributed by atoms with van der Waals surface area (Å²) in [4.78, 5) is 26.6. The standard InChI is InChI=1S/C13H9Cl2N3O3/c14-9-4-3-7(6-10(9)15)17-13(21)18-11-8(12(19)20)2-1-5-16-11/h1-6H,(H,19,20)(H2,16,17,18,21). The number of carboxylic acid groups (broad SMARTS) is 1. The average molecular weight is 326 g/mol. The van der Waals surface area contributed by atoms with E-state index in [2.05, 4.69) is 15.6 Å². The summed E-state index contributed by atoms with van der Waals surface area (Å²) >= 11 is 11.6. The monoisotopic (exact) mass is 325 g/mol. The van der Waals surface area contributed by atoms with Gasteiger partial charge < -0.3 is 10.4 Å². The van der Waals surface area contributed by atoms with Crippen molar-refractivity contribution >= 4 is 46.7 Å². The van der Waals surface area contributed by atoms with Crippen molar-refractivity contribution in [3.8, 4) is 0 Å². The van der Waals surface area contributed by atoms with Gasteiger partial charge in [-0.3, -0.25) is 5.32 Å². The lowest BCUT2D eigenvalue weighted by Crippen LogP contribution is -2.21. The zero-order chi connectivity index (χ0) is 15.4. The average Bonchev–Trinajstić information content (AvgIpc) is 2.43. The molecule has 6 nitrogen and oxygen atoms in total. The lowest BCUT2D eigenvalue weighted by atomic mass is 10.2. The molecule has 0 aliphatic carbocycles. The molecular weight excluding hydrogens is 317 g/mol. The number of carboxylic acids is 1. The zero-order valence-electron chi connectivity index (χ0n) is 10.4. The number of carbonyl (C=O) groups is 2. The van der Waals surface area contributed by atoms with Crippen LogP contribution in [0.25, 0.3) is 0 Å². The molecule has 0 spiro atoms. The van der Waals surface area contributed by atoms with Gasteiger partial charge in [-0.05, 0) is 30.3 Å². The van der Waals surface area contributed by atoms with Crippen LogP contribution in [0.5, 0.6) is 0 Å². The molecule has 2 rings (SSSR count). The number of aromatic carboxylic acids is 1. The van der Waals surface area contributed by atoms with Crippen molar-refractivity contribution in [2.45, 2.75) is 0 Å². The normalized spacial score (nSPS) is 10.0. The van der Waals surface area contributed by atoms with E-state index >= 15 is 0 Å². The largest absolute Gasteiger partial charge is 0.478 e. The van der Waals surface area contributed by atoms with Crippen LogP contribution in [0, 0.1) is 0 Å². The highest BCUT2D eigenvalue weighted by Crippen LogP contribution is 2.25. The highest BCUT2D eigenvalue weighted by atomic mass is 35.5. The summed E-state index contributed by atoms with van der Waals surface area (Å²) in [5, 5.41) is 14.5. The molecule has 0 bridgehead atoms. The van der Waals surface area contributed by atoms with Gasteiger partial charge in [-0.2, -0.15) is 0 Å². The topological polar surface area (TPSA) is 91.3 Å². The maximum absolute atomic E-state index is 11.8. The van der Waals surface area contributed by atoms with E-state index in [4.69, 9.17) is 28.3 Å². The van der Waals surface area contributed by atoms with Crippen molar-refractivity contribution in [3.05, 3.63) is 52.1 Å². The van der Waals surface area contributed by atoms with Gasteiger partial charge in [0.05, 0.1) is 10.0 Å². The Kier molecular flexibility index (Phi) is 4.62. The number of aromatic nitrogens is 1. The fourth-order valence-electron chi connectivity index (χ4n) is 1.52. The zero-order valence-corrected chi connectivity index (χ0v) is 11.9. The van der Waals surface area contributed by atoms with Crippen LogP contribution in [0.15, 0.2) is 36.5 Å². The third kappa shape index (κ3) is 3.84. The van der Waals surface area contributed by atoms with Crippen LogP contribution >= 0.6 is 23.2 Å². The number of pyridine rings is 1. The van der Waals surface area contributed by atoms with Crippen molar-refractivity contribution in [1.29, 1.82) is 0 Å². The fourth-order valence-corrected chi connectivity index (χ4v) is 1.82. The number of carbonyl (C=O) groups excluding carboxylic acids is 1. The molecule has 2 amide bonds. The Morgan fingerprint density at radius 1 is 1.10 bits per heavy atom. The van der Waals surface area contributed by atoms with Crippen molar-refractivity contribution in [2.24, 2.45) is 0 Å². The van der Waals surface area contributed by atoms with E-state index in [0.717, 1.165) is 0 Å². The minimum absolute atomic E-state index is 0.0532. The number of amides is 2. The Hall–Kier alpha value is -2.31. The second-order valence-corrected chi connectivity index (χ2v) is 4.73. The number of nitrogens with zero attached hydrogens (tertiary/aromatic N) is 1. The molecule has 0 aliphatic rings. The van der Waals surface area contributed by atoms with Crippen molar-refractivity contribution in [1.82, 2.24) is 4.98 Å². The first-order valence-corrected chi connectivity index (χ1v) is 6.44. The van der Waals surface area contributed by atoms with E-state index in [9.17, 15) is 9.59 Å². The van der Waals surface area contributed by atoms with Crippen LogP contribution in [-0.2, 0) is 0 Å². The number of hydrogen-bond acceptors (Lipinski definition) is 3. The van der Waals surface area contributed by atoms with Gasteiger partial charge in [0.15, 0.2) is 0 Å². The highest BCUT2D eigenvalue weighted by molar-refractivity contribution is 6.42. The maximum atomic E-state index is 11.8. The summed E-state index contributed by atoms with van der Waals surface area (Å²) in [5.41, 5.74) is 0.302. The lowest BCUT2D eigenvalue weighted by molar-refractivity contribution is 0.0697. The number of urea groups is 1. The van der Waals surface area contributed by atoms with Crippen LogP contribution in [0.4, 0.5) is 16.3 Å². The van der Waals surface area contributed by atoms with Gasteiger partial charge in [0.25, 0.3) is 0 Å². The smallest absolute Gasteiger partial charge is 0.339 e. The molecule has 2 aromatic rings. The lowest BCUT2D eigenvalue weighted by Gasteiger charge is -2.09. The molecule has 0 unspecified atom stereocenters. The summed E-state index contributed by atoms with van der Waals surface area (Å²) in [6, 6.07) is 6.72. The predicted octanol–water partition coefficient (Wildman–Crippen LogP) is 3.73. The molecule has 1 aromatic heterocycles. The third-order valence-electron chi connectivity index (χ3n) is 2.45. The first-order valence-electron chi connectivity index (χ1n) is 5.69. The Bertz CT molecular complexity index is 707. The molecule has 0 saturated heterocycles. The van der Waals surface area contributed by atoms with Crippen molar-refractivity contribution in [3.63, 3.8) is 0 Å². The second kappa shape index (κ2) is 6.43. The first-order chi connectivity index (χ1) is 9.97. The van der Waals surface area contributed by atoms with E-state index in [1.165, 1.54) is 30.5 Å². The number of nitrogens with one attached hydrogen (secondary N) is 2. The fraction of sp³-hybridized carbons (Fsp3) is 0. The van der Waals surface area contributed by atoms with Gasteiger partial charge >= 0.3 is 12.0 Å². The van der Waals surface area contributed by atoms with Crippen LogP contribution < -0.4 is 10.6 Å². The number of halogens is 2. The van der Waals surface area contributed by atoms with Crippen LogP contribution in [0.1, 0.15) is 10.4 Å². The quantitative estimate of drug-likeness (QED) is 0.801. The van der Waals surface area contributed by atoms with E-state index < -0.39 is 12.0 Å². The Morgan fingerprint density at radius 3 is 2.52 bits per heavy atom. The Balaban J connectivity index is 2.12. The van der Waals surface area contributed by atoms with E-state index in [-0.39, 0.29) is 11.4 Å². The summed E-state index contributed by atoms with van der Waals surface area (Å²) in [7, 11) is 0. The minimum atomic E-state index is -1.19. The van der Waals surface area contributed by atoms with E-state index in [1.54, 1.807) is 6.07 Å². The van der Waals surface area contributed by atoms with Gasteiger partial charge in [-0.1, -0.05) is 23.2 Å². The van der Waals surface area contributed by atoms with Crippen LogP contribution in [0.3, 0.4) is 0 Å². The molecule has 3 N–H and O–H groups in total. The summed E-state index contributed by atoms with van der Waals surface area (Å²) in [5.74, 6) is -1.24. The van der Waals surface area contributed by atoms with Gasteiger partial charge in [-0.25, -0.2) is 14.6 Å². The Labute approximate surface area is 129 Å². The third-order valence-corrected chi connectivity index (χ3v) is 3.19. The molecule has 0 fully saturated rings. The van der Waals surface area contributed by atoms with Gasteiger partial charge in [-0.15, -0.1) is 0 Å². The number of anilines is 2. The van der Waals surface area contributed by atoms with Crippen LogP contribution in [-0.4, -0.2) is 22.1 Å². The van der Waals surface area contributed by atoms with Gasteiger partial charge in [0.2, 0.25) is 0 Å². The summed E-state index contributed by atoms with van der Waals surface area (Å²) < 4.78 is 0. The molecular formula is C13H9Cl2N3O3. The number of hydrogen-bond donors (Lipinski definition) is 3. The molecule has 0 aliphatic heterocycles. The minimum Gasteiger partial charge on any atom is -0.478 e. The molecule has 108 valence electrons. The second-order valence-electron chi connectivity index (χ2n) is 3.91. The molecule has 8 heteroatoms. The highest BCUT2D eigenvalue weighted by Gasteiger charge is 2.13.